The molecule has 0 fully saturated rings. The van der Waals surface area contributed by atoms with Crippen LogP contribution in [0.3, 0.4) is 0 Å². The fourth-order valence-corrected chi connectivity index (χ4v) is 1.42. The van der Waals surface area contributed by atoms with E-state index in [2.05, 4.69) is 38.2 Å². The van der Waals surface area contributed by atoms with Gasteiger partial charge in [0.1, 0.15) is 6.10 Å². The first-order valence-corrected chi connectivity index (χ1v) is 5.39. The Labute approximate surface area is 87.0 Å². The molecular weight excluding hydrogens is 174 g/mol. The second kappa shape index (κ2) is 5.86. The second-order valence-electron chi connectivity index (χ2n) is 4.17. The van der Waals surface area contributed by atoms with Crippen LogP contribution < -0.4 is 5.32 Å². The van der Waals surface area contributed by atoms with Gasteiger partial charge in [-0.1, -0.05) is 19.4 Å². The highest BCUT2D eigenvalue weighted by Gasteiger charge is 2.07. The van der Waals surface area contributed by atoms with Crippen LogP contribution in [0.15, 0.2) is 24.0 Å². The van der Waals surface area contributed by atoms with E-state index in [1.165, 1.54) is 5.57 Å². The molecule has 0 spiro atoms. The third-order valence-corrected chi connectivity index (χ3v) is 2.23. The average Bonchev–Trinajstić information content (AvgIpc) is 2.16. The first-order valence-electron chi connectivity index (χ1n) is 5.39. The third kappa shape index (κ3) is 4.47. The first-order chi connectivity index (χ1) is 6.68. The summed E-state index contributed by atoms with van der Waals surface area (Å²) in [6.45, 7) is 7.43. The number of rotatable bonds is 4. The molecule has 1 rings (SSSR count). The van der Waals surface area contributed by atoms with Gasteiger partial charge in [-0.2, -0.15) is 0 Å². The Hall–Kier alpha value is -0.760. The first kappa shape index (κ1) is 11.3. The van der Waals surface area contributed by atoms with Crippen LogP contribution in [0.25, 0.3) is 0 Å². The zero-order valence-corrected chi connectivity index (χ0v) is 9.42. The summed E-state index contributed by atoms with van der Waals surface area (Å²) in [5, 5.41) is 3.39. The molecule has 1 unspecified atom stereocenters. The summed E-state index contributed by atoms with van der Waals surface area (Å²) in [5.41, 5.74) is 1.36. The van der Waals surface area contributed by atoms with Crippen LogP contribution in [0.1, 0.15) is 33.6 Å². The number of hydrogen-bond acceptors (Lipinski definition) is 2. The molecule has 0 aromatic rings. The van der Waals surface area contributed by atoms with Gasteiger partial charge in [-0.25, -0.2) is 0 Å². The average molecular weight is 195 g/mol. The van der Waals surface area contributed by atoms with E-state index in [1.54, 1.807) is 0 Å². The molecule has 1 aliphatic heterocycles. The molecule has 0 radical (unpaired) electrons. The van der Waals surface area contributed by atoms with Gasteiger partial charge in [-0.05, 0) is 31.9 Å². The summed E-state index contributed by atoms with van der Waals surface area (Å²) < 4.78 is 5.47. The molecule has 0 amide bonds. The van der Waals surface area contributed by atoms with Gasteiger partial charge in [0.25, 0.3) is 0 Å². The normalized spacial score (nSPS) is 22.6. The number of nitrogens with one attached hydrogen (secondary N) is 1. The quantitative estimate of drug-likeness (QED) is 0.696. The van der Waals surface area contributed by atoms with Gasteiger partial charge in [0.2, 0.25) is 0 Å². The Bertz CT molecular complexity index is 218. The molecule has 2 heteroatoms. The predicted molar refractivity (Wildman–Crippen MR) is 60.1 cm³/mol. The summed E-state index contributed by atoms with van der Waals surface area (Å²) in [6.07, 6.45) is 8.63. The molecule has 0 saturated carbocycles. The molecule has 1 N–H and O–H groups in total. The zero-order valence-electron chi connectivity index (χ0n) is 9.42. The molecular formula is C12H21NO. The Morgan fingerprint density at radius 3 is 3.00 bits per heavy atom. The van der Waals surface area contributed by atoms with E-state index in [9.17, 15) is 0 Å². The molecule has 1 aliphatic rings. The summed E-state index contributed by atoms with van der Waals surface area (Å²) in [5.74, 6) is 0. The number of ether oxygens (including phenoxy) is 1. The van der Waals surface area contributed by atoms with Crippen LogP contribution in [0.5, 0.6) is 0 Å². The van der Waals surface area contributed by atoms with E-state index in [-0.39, 0.29) is 6.10 Å². The number of allylic oxidation sites excluding steroid dienone is 1. The van der Waals surface area contributed by atoms with Crippen LogP contribution in [0, 0.1) is 0 Å². The van der Waals surface area contributed by atoms with E-state index >= 15 is 0 Å². The largest absolute Gasteiger partial charge is 0.494 e. The predicted octanol–water partition coefficient (Wildman–Crippen LogP) is 2.62. The summed E-state index contributed by atoms with van der Waals surface area (Å²) in [7, 11) is 0. The maximum atomic E-state index is 5.47. The lowest BCUT2D eigenvalue weighted by Gasteiger charge is -2.17. The van der Waals surface area contributed by atoms with Gasteiger partial charge in [0, 0.05) is 12.6 Å². The minimum absolute atomic E-state index is 0.286. The minimum atomic E-state index is 0.286. The van der Waals surface area contributed by atoms with E-state index in [0.717, 1.165) is 19.4 Å². The van der Waals surface area contributed by atoms with E-state index in [1.807, 2.05) is 6.26 Å². The monoisotopic (exact) mass is 195 g/mol. The van der Waals surface area contributed by atoms with E-state index in [4.69, 9.17) is 4.74 Å². The zero-order chi connectivity index (χ0) is 10.4. The Morgan fingerprint density at radius 1 is 1.64 bits per heavy atom. The Morgan fingerprint density at radius 2 is 2.43 bits per heavy atom. The van der Waals surface area contributed by atoms with Gasteiger partial charge in [-0.3, -0.25) is 0 Å². The highest BCUT2D eigenvalue weighted by Crippen LogP contribution is 2.12. The standard InChI is InChI=1S/C12H21NO/c1-10(2)13-9-11(3)8-12-6-4-5-7-14-12/h5,7-8,10,12-13H,4,6,9H2,1-3H3. The van der Waals surface area contributed by atoms with Crippen LogP contribution >= 0.6 is 0 Å². The fourth-order valence-electron chi connectivity index (χ4n) is 1.42. The molecule has 0 aliphatic carbocycles. The van der Waals surface area contributed by atoms with E-state index in [0.29, 0.717) is 6.04 Å². The van der Waals surface area contributed by atoms with Crippen molar-refractivity contribution >= 4 is 0 Å². The van der Waals surface area contributed by atoms with Crippen molar-refractivity contribution in [3.63, 3.8) is 0 Å². The highest BCUT2D eigenvalue weighted by atomic mass is 16.5. The van der Waals surface area contributed by atoms with Crippen molar-refractivity contribution in [2.75, 3.05) is 6.54 Å². The Balaban J connectivity index is 2.30. The SMILES string of the molecule is CC(=CC1CCC=CO1)CNC(C)C. The lowest BCUT2D eigenvalue weighted by Crippen LogP contribution is -2.25. The topological polar surface area (TPSA) is 21.3 Å². The van der Waals surface area contributed by atoms with Crippen molar-refractivity contribution in [2.24, 2.45) is 0 Å². The molecule has 0 aromatic carbocycles. The van der Waals surface area contributed by atoms with Gasteiger partial charge < -0.3 is 10.1 Å². The number of hydrogen-bond donors (Lipinski definition) is 1. The van der Waals surface area contributed by atoms with Crippen LogP contribution in [-0.2, 0) is 4.74 Å². The van der Waals surface area contributed by atoms with Gasteiger partial charge in [0.05, 0.1) is 6.26 Å². The summed E-state index contributed by atoms with van der Waals surface area (Å²) in [6, 6.07) is 0.547. The van der Waals surface area contributed by atoms with Crippen molar-refractivity contribution in [1.29, 1.82) is 0 Å². The van der Waals surface area contributed by atoms with Gasteiger partial charge in [0.15, 0.2) is 0 Å². The smallest absolute Gasteiger partial charge is 0.116 e. The minimum Gasteiger partial charge on any atom is -0.494 e. The molecule has 1 heterocycles. The molecule has 0 saturated heterocycles. The van der Waals surface area contributed by atoms with Crippen molar-refractivity contribution < 1.29 is 4.74 Å². The van der Waals surface area contributed by atoms with Crippen molar-refractivity contribution in [1.82, 2.24) is 5.32 Å². The van der Waals surface area contributed by atoms with Crippen molar-refractivity contribution in [2.45, 2.75) is 45.8 Å². The van der Waals surface area contributed by atoms with Crippen LogP contribution in [0.2, 0.25) is 0 Å². The van der Waals surface area contributed by atoms with Gasteiger partial charge in [-0.15, -0.1) is 0 Å². The van der Waals surface area contributed by atoms with E-state index < -0.39 is 0 Å². The van der Waals surface area contributed by atoms with Gasteiger partial charge >= 0.3 is 0 Å². The summed E-state index contributed by atoms with van der Waals surface area (Å²) in [4.78, 5) is 0. The highest BCUT2D eigenvalue weighted by molar-refractivity contribution is 5.06. The lowest BCUT2D eigenvalue weighted by molar-refractivity contribution is 0.164. The maximum absolute atomic E-state index is 5.47. The van der Waals surface area contributed by atoms with Crippen LogP contribution in [-0.4, -0.2) is 18.7 Å². The molecule has 80 valence electrons. The molecule has 0 bridgehead atoms. The molecule has 1 atom stereocenters. The van der Waals surface area contributed by atoms with Crippen molar-refractivity contribution in [3.8, 4) is 0 Å². The third-order valence-electron chi connectivity index (χ3n) is 2.23. The molecule has 14 heavy (non-hydrogen) atoms. The Kier molecular flexibility index (Phi) is 4.74. The molecule has 0 aromatic heterocycles. The molecule has 2 nitrogen and oxygen atoms in total. The second-order valence-corrected chi connectivity index (χ2v) is 4.17. The van der Waals surface area contributed by atoms with Crippen molar-refractivity contribution in [3.05, 3.63) is 24.0 Å². The van der Waals surface area contributed by atoms with Crippen LogP contribution in [0.4, 0.5) is 0 Å². The lowest BCUT2D eigenvalue weighted by atomic mass is 10.1. The maximum Gasteiger partial charge on any atom is 0.116 e. The fraction of sp³-hybridized carbons (Fsp3) is 0.667. The summed E-state index contributed by atoms with van der Waals surface area (Å²) >= 11 is 0.